The minimum atomic E-state index is -0.640. The number of rotatable bonds is 1. The molecule has 1 rings (SSSR count). The molecule has 0 spiro atoms. The first-order valence-corrected chi connectivity index (χ1v) is 3.79. The van der Waals surface area contributed by atoms with Gasteiger partial charge in [-0.2, -0.15) is 0 Å². The first kappa shape index (κ1) is 9.06. The van der Waals surface area contributed by atoms with Gasteiger partial charge in [-0.15, -0.1) is 0 Å². The summed E-state index contributed by atoms with van der Waals surface area (Å²) in [5.41, 5.74) is 0. The summed E-state index contributed by atoms with van der Waals surface area (Å²) in [5.74, 6) is -0.858. The first-order chi connectivity index (χ1) is 5.63. The summed E-state index contributed by atoms with van der Waals surface area (Å²) in [4.78, 5) is 11.0. The van der Waals surface area contributed by atoms with Gasteiger partial charge in [0.25, 0.3) is 0 Å². The molecule has 0 amide bonds. The van der Waals surface area contributed by atoms with Gasteiger partial charge < -0.3 is 14.9 Å². The molecule has 0 heterocycles. The summed E-state index contributed by atoms with van der Waals surface area (Å²) in [6.07, 6.45) is 1.35. The van der Waals surface area contributed by atoms with Crippen LogP contribution < -0.4 is 0 Å². The van der Waals surface area contributed by atoms with Gasteiger partial charge in [-0.3, -0.25) is 4.79 Å². The molecule has 0 fully saturated rings. The highest BCUT2D eigenvalue weighted by atomic mass is 16.5. The van der Waals surface area contributed by atoms with Crippen molar-refractivity contribution in [3.8, 4) is 0 Å². The summed E-state index contributed by atoms with van der Waals surface area (Å²) in [6.45, 7) is 0. The van der Waals surface area contributed by atoms with Crippen LogP contribution in [-0.4, -0.2) is 29.4 Å². The van der Waals surface area contributed by atoms with E-state index in [0.717, 1.165) is 0 Å². The third kappa shape index (κ3) is 1.98. The molecule has 2 atom stereocenters. The number of aliphatic hydroxyl groups is 2. The zero-order valence-corrected chi connectivity index (χ0v) is 6.86. The fourth-order valence-corrected chi connectivity index (χ4v) is 1.30. The number of carbonyl (C=O) groups is 1. The van der Waals surface area contributed by atoms with Crippen molar-refractivity contribution in [3.05, 3.63) is 11.8 Å². The number of hydrogen-bond acceptors (Lipinski definition) is 4. The predicted molar refractivity (Wildman–Crippen MR) is 41.5 cm³/mol. The van der Waals surface area contributed by atoms with Crippen LogP contribution in [0.3, 0.4) is 0 Å². The van der Waals surface area contributed by atoms with E-state index in [0.29, 0.717) is 6.42 Å². The summed E-state index contributed by atoms with van der Waals surface area (Å²) in [7, 11) is 1.29. The molecule has 0 aromatic heterocycles. The number of carbonyl (C=O) groups excluding carboxylic acids is 1. The Morgan fingerprint density at radius 3 is 2.92 bits per heavy atom. The Morgan fingerprint density at radius 1 is 1.75 bits per heavy atom. The maximum Gasteiger partial charge on any atom is 0.312 e. The SMILES string of the molecule is COC(=O)C1C=C(O)CC(O)C1. The molecule has 0 bridgehead atoms. The van der Waals surface area contributed by atoms with Gasteiger partial charge in [0.1, 0.15) is 0 Å². The van der Waals surface area contributed by atoms with Crippen LogP contribution in [0.15, 0.2) is 11.8 Å². The van der Waals surface area contributed by atoms with E-state index >= 15 is 0 Å². The highest BCUT2D eigenvalue weighted by molar-refractivity contribution is 5.74. The zero-order valence-electron chi connectivity index (χ0n) is 6.86. The lowest BCUT2D eigenvalue weighted by atomic mass is 9.92. The molecule has 0 saturated carbocycles. The average Bonchev–Trinajstić information content (AvgIpc) is 2.01. The van der Waals surface area contributed by atoms with Crippen LogP contribution in [0.25, 0.3) is 0 Å². The van der Waals surface area contributed by atoms with Crippen molar-refractivity contribution in [1.82, 2.24) is 0 Å². The van der Waals surface area contributed by atoms with Crippen molar-refractivity contribution in [2.75, 3.05) is 7.11 Å². The van der Waals surface area contributed by atoms with E-state index in [4.69, 9.17) is 5.11 Å². The molecule has 0 aromatic rings. The van der Waals surface area contributed by atoms with E-state index in [1.54, 1.807) is 0 Å². The van der Waals surface area contributed by atoms with Crippen molar-refractivity contribution in [3.63, 3.8) is 0 Å². The minimum Gasteiger partial charge on any atom is -0.513 e. The number of methoxy groups -OCH3 is 1. The Morgan fingerprint density at radius 2 is 2.42 bits per heavy atom. The van der Waals surface area contributed by atoms with E-state index in [2.05, 4.69) is 4.74 Å². The maximum atomic E-state index is 11.0. The lowest BCUT2D eigenvalue weighted by Gasteiger charge is -2.20. The second kappa shape index (κ2) is 3.58. The molecule has 0 aromatic carbocycles. The van der Waals surface area contributed by atoms with Crippen LogP contribution in [0, 0.1) is 5.92 Å². The second-order valence-corrected chi connectivity index (χ2v) is 2.88. The van der Waals surface area contributed by atoms with Crippen molar-refractivity contribution >= 4 is 5.97 Å². The molecule has 0 aliphatic heterocycles. The molecule has 2 N–H and O–H groups in total. The van der Waals surface area contributed by atoms with Crippen molar-refractivity contribution < 1.29 is 19.7 Å². The predicted octanol–water partition coefficient (Wildman–Crippen LogP) is 0.372. The molecule has 0 radical (unpaired) electrons. The van der Waals surface area contributed by atoms with Gasteiger partial charge in [0.2, 0.25) is 0 Å². The van der Waals surface area contributed by atoms with Gasteiger partial charge >= 0.3 is 5.97 Å². The standard InChI is InChI=1S/C8H12O4/c1-12-8(11)5-2-6(9)4-7(10)3-5/h2,5,7,9-10H,3-4H2,1H3. The minimum absolute atomic E-state index is 0.0594. The largest absolute Gasteiger partial charge is 0.513 e. The fourth-order valence-electron chi connectivity index (χ4n) is 1.30. The molecule has 4 heteroatoms. The molecule has 2 unspecified atom stereocenters. The molecule has 1 aliphatic carbocycles. The van der Waals surface area contributed by atoms with Gasteiger partial charge in [0, 0.05) is 6.42 Å². The quantitative estimate of drug-likeness (QED) is 0.561. The Labute approximate surface area is 70.5 Å². The van der Waals surface area contributed by atoms with E-state index in [1.165, 1.54) is 13.2 Å². The van der Waals surface area contributed by atoms with Crippen LogP contribution in [-0.2, 0) is 9.53 Å². The highest BCUT2D eigenvalue weighted by Crippen LogP contribution is 2.22. The lowest BCUT2D eigenvalue weighted by molar-refractivity contribution is -0.145. The summed E-state index contributed by atoms with van der Waals surface area (Å²) >= 11 is 0. The van der Waals surface area contributed by atoms with Crippen molar-refractivity contribution in [2.45, 2.75) is 18.9 Å². The zero-order chi connectivity index (χ0) is 9.14. The van der Waals surface area contributed by atoms with Crippen LogP contribution in [0.2, 0.25) is 0 Å². The molecule has 1 aliphatic rings. The van der Waals surface area contributed by atoms with E-state index in [1.807, 2.05) is 0 Å². The van der Waals surface area contributed by atoms with Crippen LogP contribution in [0.5, 0.6) is 0 Å². The van der Waals surface area contributed by atoms with Gasteiger partial charge in [0.05, 0.1) is 24.9 Å². The second-order valence-electron chi connectivity index (χ2n) is 2.88. The van der Waals surface area contributed by atoms with Crippen molar-refractivity contribution in [2.24, 2.45) is 5.92 Å². The first-order valence-electron chi connectivity index (χ1n) is 3.79. The molecule has 0 saturated heterocycles. The maximum absolute atomic E-state index is 11.0. The number of hydrogen-bond donors (Lipinski definition) is 2. The number of ether oxygens (including phenoxy) is 1. The van der Waals surface area contributed by atoms with Gasteiger partial charge in [-0.05, 0) is 12.5 Å². The summed E-state index contributed by atoms with van der Waals surface area (Å²) in [5, 5.41) is 18.3. The fraction of sp³-hybridized carbons (Fsp3) is 0.625. The van der Waals surface area contributed by atoms with E-state index in [9.17, 15) is 9.90 Å². The third-order valence-electron chi connectivity index (χ3n) is 1.87. The normalized spacial score (nSPS) is 29.3. The monoisotopic (exact) mass is 172 g/mol. The van der Waals surface area contributed by atoms with E-state index < -0.39 is 18.0 Å². The number of aliphatic hydroxyl groups excluding tert-OH is 2. The van der Waals surface area contributed by atoms with Gasteiger partial charge in [-0.25, -0.2) is 0 Å². The topological polar surface area (TPSA) is 66.8 Å². The Balaban J connectivity index is 2.66. The summed E-state index contributed by atoms with van der Waals surface area (Å²) in [6, 6.07) is 0. The Kier molecular flexibility index (Phi) is 2.70. The highest BCUT2D eigenvalue weighted by Gasteiger charge is 2.26. The van der Waals surface area contributed by atoms with Crippen LogP contribution >= 0.6 is 0 Å². The lowest BCUT2D eigenvalue weighted by Crippen LogP contribution is -2.25. The van der Waals surface area contributed by atoms with Crippen LogP contribution in [0.1, 0.15) is 12.8 Å². The molecular formula is C8H12O4. The van der Waals surface area contributed by atoms with Crippen molar-refractivity contribution in [1.29, 1.82) is 0 Å². The third-order valence-corrected chi connectivity index (χ3v) is 1.87. The average molecular weight is 172 g/mol. The van der Waals surface area contributed by atoms with Gasteiger partial charge in [-0.1, -0.05) is 0 Å². The van der Waals surface area contributed by atoms with E-state index in [-0.39, 0.29) is 12.2 Å². The molecular weight excluding hydrogens is 160 g/mol. The molecule has 4 nitrogen and oxygen atoms in total. The number of esters is 1. The molecule has 12 heavy (non-hydrogen) atoms. The van der Waals surface area contributed by atoms with Gasteiger partial charge in [0.15, 0.2) is 0 Å². The Hall–Kier alpha value is -1.03. The van der Waals surface area contributed by atoms with Crippen LogP contribution in [0.4, 0.5) is 0 Å². The summed E-state index contributed by atoms with van der Waals surface area (Å²) < 4.78 is 4.48. The molecule has 68 valence electrons. The Bertz CT molecular complexity index is 209. The smallest absolute Gasteiger partial charge is 0.312 e.